The Kier molecular flexibility index (Phi) is 4.97. The molecular weight excluding hydrogens is 347 g/mol. The highest BCUT2D eigenvalue weighted by Crippen LogP contribution is 2.24. The quantitative estimate of drug-likeness (QED) is 0.848. The summed E-state index contributed by atoms with van der Waals surface area (Å²) in [4.78, 5) is 23.8. The van der Waals surface area contributed by atoms with Crippen LogP contribution in [0.15, 0.2) is 18.2 Å². The standard InChI is InChI=1S/C17H18F3N5O/c1-10-9-14(22-13-4-3-12(18)15(19)16(13)20)23-17(21-10)25-7-5-24(6-8-25)11(2)26/h3-4,9H,5-8H2,1-2H3,(H,21,22,23). The average Bonchev–Trinajstić information content (AvgIpc) is 2.62. The number of hydrogen-bond acceptors (Lipinski definition) is 5. The minimum Gasteiger partial charge on any atom is -0.339 e. The number of nitrogens with zero attached hydrogens (tertiary/aromatic N) is 4. The monoisotopic (exact) mass is 365 g/mol. The van der Waals surface area contributed by atoms with E-state index in [4.69, 9.17) is 0 Å². The van der Waals surface area contributed by atoms with E-state index in [9.17, 15) is 18.0 Å². The number of anilines is 3. The fraction of sp³-hybridized carbons (Fsp3) is 0.353. The highest BCUT2D eigenvalue weighted by Gasteiger charge is 2.21. The molecule has 1 saturated heterocycles. The fourth-order valence-electron chi connectivity index (χ4n) is 2.74. The van der Waals surface area contributed by atoms with E-state index in [1.54, 1.807) is 17.9 Å². The molecule has 1 fully saturated rings. The van der Waals surface area contributed by atoms with E-state index < -0.39 is 17.5 Å². The first-order chi connectivity index (χ1) is 12.3. The second kappa shape index (κ2) is 7.19. The molecule has 1 aromatic carbocycles. The third kappa shape index (κ3) is 3.71. The number of halogens is 3. The number of carbonyl (C=O) groups is 1. The third-order valence-electron chi connectivity index (χ3n) is 4.15. The van der Waals surface area contributed by atoms with Gasteiger partial charge in [0.1, 0.15) is 5.82 Å². The number of piperazine rings is 1. The van der Waals surface area contributed by atoms with Crippen molar-refractivity contribution < 1.29 is 18.0 Å². The van der Waals surface area contributed by atoms with Gasteiger partial charge in [-0.3, -0.25) is 4.79 Å². The molecule has 0 bridgehead atoms. The van der Waals surface area contributed by atoms with E-state index >= 15 is 0 Å². The molecule has 26 heavy (non-hydrogen) atoms. The van der Waals surface area contributed by atoms with Crippen LogP contribution >= 0.6 is 0 Å². The van der Waals surface area contributed by atoms with E-state index in [1.165, 1.54) is 6.92 Å². The molecule has 9 heteroatoms. The van der Waals surface area contributed by atoms with Gasteiger partial charge in [0.25, 0.3) is 0 Å². The molecule has 1 aromatic heterocycles. The number of carbonyl (C=O) groups excluding carboxylic acids is 1. The smallest absolute Gasteiger partial charge is 0.227 e. The Morgan fingerprint density at radius 3 is 2.42 bits per heavy atom. The van der Waals surface area contributed by atoms with Crippen LogP contribution in [-0.2, 0) is 4.79 Å². The van der Waals surface area contributed by atoms with Gasteiger partial charge in [-0.05, 0) is 19.1 Å². The molecule has 1 amide bonds. The summed E-state index contributed by atoms with van der Waals surface area (Å²) >= 11 is 0. The molecule has 0 aliphatic carbocycles. The average molecular weight is 365 g/mol. The lowest BCUT2D eigenvalue weighted by atomic mass is 10.2. The summed E-state index contributed by atoms with van der Waals surface area (Å²) in [5.41, 5.74) is 0.420. The molecule has 0 unspecified atom stereocenters. The van der Waals surface area contributed by atoms with Gasteiger partial charge < -0.3 is 15.1 Å². The maximum absolute atomic E-state index is 13.9. The van der Waals surface area contributed by atoms with Crippen LogP contribution in [0.1, 0.15) is 12.6 Å². The van der Waals surface area contributed by atoms with Gasteiger partial charge in [-0.2, -0.15) is 4.98 Å². The second-order valence-electron chi connectivity index (χ2n) is 6.04. The molecule has 0 saturated carbocycles. The van der Waals surface area contributed by atoms with Crippen LogP contribution in [0.2, 0.25) is 0 Å². The van der Waals surface area contributed by atoms with E-state index in [1.807, 2.05) is 4.90 Å². The molecule has 1 aliphatic heterocycles. The van der Waals surface area contributed by atoms with Crippen molar-refractivity contribution >= 4 is 23.4 Å². The maximum Gasteiger partial charge on any atom is 0.227 e. The highest BCUT2D eigenvalue weighted by atomic mass is 19.2. The van der Waals surface area contributed by atoms with Crippen molar-refractivity contribution in [3.05, 3.63) is 41.3 Å². The summed E-state index contributed by atoms with van der Waals surface area (Å²) in [6.07, 6.45) is 0. The van der Waals surface area contributed by atoms with Crippen LogP contribution < -0.4 is 10.2 Å². The summed E-state index contributed by atoms with van der Waals surface area (Å²) in [5.74, 6) is -3.38. The third-order valence-corrected chi connectivity index (χ3v) is 4.15. The number of aromatic nitrogens is 2. The number of aryl methyl sites for hydroxylation is 1. The van der Waals surface area contributed by atoms with Crippen LogP contribution in [-0.4, -0.2) is 47.0 Å². The lowest BCUT2D eigenvalue weighted by molar-refractivity contribution is -0.129. The molecule has 1 aliphatic rings. The molecule has 0 atom stereocenters. The van der Waals surface area contributed by atoms with Gasteiger partial charge in [-0.1, -0.05) is 0 Å². The summed E-state index contributed by atoms with van der Waals surface area (Å²) in [6, 6.07) is 3.53. The molecule has 2 heterocycles. The Morgan fingerprint density at radius 2 is 1.77 bits per heavy atom. The van der Waals surface area contributed by atoms with Crippen molar-refractivity contribution in [3.63, 3.8) is 0 Å². The van der Waals surface area contributed by atoms with Gasteiger partial charge in [0.05, 0.1) is 5.69 Å². The summed E-state index contributed by atoms with van der Waals surface area (Å²) in [7, 11) is 0. The van der Waals surface area contributed by atoms with Gasteiger partial charge in [0, 0.05) is 44.9 Å². The number of amides is 1. The van der Waals surface area contributed by atoms with Crippen molar-refractivity contribution in [2.45, 2.75) is 13.8 Å². The van der Waals surface area contributed by atoms with Gasteiger partial charge in [-0.25, -0.2) is 18.2 Å². The van der Waals surface area contributed by atoms with Crippen molar-refractivity contribution in [2.75, 3.05) is 36.4 Å². The SMILES string of the molecule is CC(=O)N1CCN(c2nc(C)cc(Nc3ccc(F)c(F)c3F)n2)CC1. The lowest BCUT2D eigenvalue weighted by Gasteiger charge is -2.34. The predicted octanol–water partition coefficient (Wildman–Crippen LogP) is 2.61. The minimum atomic E-state index is -1.54. The molecule has 6 nitrogen and oxygen atoms in total. The van der Waals surface area contributed by atoms with Crippen LogP contribution in [0.25, 0.3) is 0 Å². The van der Waals surface area contributed by atoms with Crippen molar-refractivity contribution in [1.82, 2.24) is 14.9 Å². The predicted molar refractivity (Wildman–Crippen MR) is 90.8 cm³/mol. The van der Waals surface area contributed by atoms with Gasteiger partial charge in [0.15, 0.2) is 17.5 Å². The largest absolute Gasteiger partial charge is 0.339 e. The maximum atomic E-state index is 13.9. The van der Waals surface area contributed by atoms with E-state index in [2.05, 4.69) is 15.3 Å². The molecular formula is C17H18F3N5O. The molecule has 2 aromatic rings. The summed E-state index contributed by atoms with van der Waals surface area (Å²) in [5, 5.41) is 2.66. The zero-order valence-electron chi connectivity index (χ0n) is 14.4. The van der Waals surface area contributed by atoms with Gasteiger partial charge >= 0.3 is 0 Å². The van der Waals surface area contributed by atoms with Crippen molar-refractivity contribution in [1.29, 1.82) is 0 Å². The molecule has 0 radical (unpaired) electrons. The Bertz CT molecular complexity index is 837. The fourth-order valence-corrected chi connectivity index (χ4v) is 2.74. The molecule has 0 spiro atoms. The minimum absolute atomic E-state index is 0.0194. The first-order valence-corrected chi connectivity index (χ1v) is 8.12. The van der Waals surface area contributed by atoms with Gasteiger partial charge in [0.2, 0.25) is 11.9 Å². The van der Waals surface area contributed by atoms with Gasteiger partial charge in [-0.15, -0.1) is 0 Å². The van der Waals surface area contributed by atoms with Crippen LogP contribution in [0.4, 0.5) is 30.6 Å². The Hall–Kier alpha value is -2.84. The van der Waals surface area contributed by atoms with Crippen LogP contribution in [0.5, 0.6) is 0 Å². The molecule has 138 valence electrons. The van der Waals surface area contributed by atoms with Crippen LogP contribution in [0.3, 0.4) is 0 Å². The zero-order valence-corrected chi connectivity index (χ0v) is 14.4. The summed E-state index contributed by atoms with van der Waals surface area (Å²) < 4.78 is 40.3. The first kappa shape index (κ1) is 18.0. The van der Waals surface area contributed by atoms with Crippen LogP contribution in [0, 0.1) is 24.4 Å². The normalized spacial score (nSPS) is 14.5. The molecule has 1 N–H and O–H groups in total. The Balaban J connectivity index is 1.81. The Labute approximate surface area is 148 Å². The number of nitrogens with one attached hydrogen (secondary N) is 1. The number of benzene rings is 1. The van der Waals surface area contributed by atoms with E-state index in [-0.39, 0.29) is 17.4 Å². The zero-order chi connectivity index (χ0) is 18.8. The topological polar surface area (TPSA) is 61.4 Å². The highest BCUT2D eigenvalue weighted by molar-refractivity contribution is 5.73. The van der Waals surface area contributed by atoms with Crippen molar-refractivity contribution in [2.24, 2.45) is 0 Å². The Morgan fingerprint density at radius 1 is 1.08 bits per heavy atom. The van der Waals surface area contributed by atoms with E-state index in [0.29, 0.717) is 37.8 Å². The number of rotatable bonds is 3. The second-order valence-corrected chi connectivity index (χ2v) is 6.04. The number of hydrogen-bond donors (Lipinski definition) is 1. The van der Waals surface area contributed by atoms with E-state index in [0.717, 1.165) is 12.1 Å². The summed E-state index contributed by atoms with van der Waals surface area (Å²) in [6.45, 7) is 5.55. The first-order valence-electron chi connectivity index (χ1n) is 8.12. The van der Waals surface area contributed by atoms with Crippen molar-refractivity contribution in [3.8, 4) is 0 Å². The molecule has 3 rings (SSSR count). The lowest BCUT2D eigenvalue weighted by Crippen LogP contribution is -2.48.